The first-order chi connectivity index (χ1) is 10.6. The number of nitrogens with zero attached hydrogens (tertiary/aromatic N) is 2. The second kappa shape index (κ2) is 4.89. The van der Waals surface area contributed by atoms with Crippen molar-refractivity contribution in [2.45, 2.75) is 20.8 Å². The van der Waals surface area contributed by atoms with Crippen LogP contribution in [0.5, 0.6) is 0 Å². The van der Waals surface area contributed by atoms with E-state index in [-0.39, 0.29) is 0 Å². The van der Waals surface area contributed by atoms with Crippen molar-refractivity contribution in [2.75, 3.05) is 0 Å². The number of thiophene rings is 1. The molecule has 0 aliphatic rings. The van der Waals surface area contributed by atoms with Gasteiger partial charge in [0.1, 0.15) is 6.33 Å². The molecule has 4 rings (SSSR count). The Balaban J connectivity index is 2.08. The fraction of sp³-hybridized carbons (Fsp3) is 0.158. The second-order valence-corrected chi connectivity index (χ2v) is 6.93. The van der Waals surface area contributed by atoms with Gasteiger partial charge in [-0.2, -0.15) is 0 Å². The lowest BCUT2D eigenvalue weighted by molar-refractivity contribution is 1.23. The summed E-state index contributed by atoms with van der Waals surface area (Å²) in [6.45, 7) is 6.38. The first kappa shape index (κ1) is 13.4. The Bertz CT molecular complexity index is 994. The Morgan fingerprint density at radius 3 is 2.36 bits per heavy atom. The summed E-state index contributed by atoms with van der Waals surface area (Å²) in [5.41, 5.74) is 7.07. The zero-order valence-electron chi connectivity index (χ0n) is 12.8. The van der Waals surface area contributed by atoms with E-state index in [1.54, 1.807) is 17.7 Å². The van der Waals surface area contributed by atoms with Crippen LogP contribution in [0.1, 0.15) is 16.7 Å². The lowest BCUT2D eigenvalue weighted by Gasteiger charge is -2.05. The first-order valence-corrected chi connectivity index (χ1v) is 8.16. The standard InChI is InChI=1S/C19H16N2S/c1-11-4-5-15-16(9-11)22-19-17(20-10-21-18(15)19)14-7-12(2)6-13(3)8-14/h4-10H,1-3H3. The molecule has 0 aliphatic carbocycles. The molecule has 0 radical (unpaired) electrons. The summed E-state index contributed by atoms with van der Waals surface area (Å²) in [5, 5.41) is 1.22. The number of aromatic nitrogens is 2. The molecule has 2 heterocycles. The number of benzene rings is 2. The zero-order chi connectivity index (χ0) is 15.3. The molecule has 22 heavy (non-hydrogen) atoms. The van der Waals surface area contributed by atoms with Gasteiger partial charge >= 0.3 is 0 Å². The van der Waals surface area contributed by atoms with Crippen molar-refractivity contribution in [3.8, 4) is 11.3 Å². The predicted molar refractivity (Wildman–Crippen MR) is 94.6 cm³/mol. The van der Waals surface area contributed by atoms with Gasteiger partial charge in [-0.25, -0.2) is 9.97 Å². The molecule has 0 aliphatic heterocycles. The van der Waals surface area contributed by atoms with Crippen LogP contribution in [0.3, 0.4) is 0 Å². The Labute approximate surface area is 133 Å². The van der Waals surface area contributed by atoms with Crippen molar-refractivity contribution < 1.29 is 0 Å². The molecule has 0 bridgehead atoms. The molecule has 2 nitrogen and oxygen atoms in total. The summed E-state index contributed by atoms with van der Waals surface area (Å²) in [4.78, 5) is 9.11. The van der Waals surface area contributed by atoms with Gasteiger partial charge in [0.25, 0.3) is 0 Å². The summed E-state index contributed by atoms with van der Waals surface area (Å²) in [7, 11) is 0. The number of hydrogen-bond donors (Lipinski definition) is 0. The molecular formula is C19H16N2S. The van der Waals surface area contributed by atoms with Crippen molar-refractivity contribution in [2.24, 2.45) is 0 Å². The van der Waals surface area contributed by atoms with E-state index in [0.717, 1.165) is 11.2 Å². The SMILES string of the molecule is Cc1cc(C)cc(-c2ncnc3c2sc2cc(C)ccc23)c1. The highest BCUT2D eigenvalue weighted by Crippen LogP contribution is 2.38. The Hall–Kier alpha value is -2.26. The van der Waals surface area contributed by atoms with Crippen molar-refractivity contribution >= 4 is 31.6 Å². The van der Waals surface area contributed by atoms with E-state index in [4.69, 9.17) is 0 Å². The van der Waals surface area contributed by atoms with Crippen LogP contribution in [0.25, 0.3) is 31.6 Å². The third kappa shape index (κ3) is 2.09. The van der Waals surface area contributed by atoms with Gasteiger partial charge < -0.3 is 0 Å². The van der Waals surface area contributed by atoms with Crippen LogP contribution in [-0.2, 0) is 0 Å². The number of fused-ring (bicyclic) bond motifs is 3. The van der Waals surface area contributed by atoms with Crippen LogP contribution in [0.15, 0.2) is 42.7 Å². The van der Waals surface area contributed by atoms with Crippen LogP contribution in [-0.4, -0.2) is 9.97 Å². The minimum absolute atomic E-state index is 1.04. The third-order valence-corrected chi connectivity index (χ3v) is 5.05. The quantitative estimate of drug-likeness (QED) is 0.468. The van der Waals surface area contributed by atoms with Crippen molar-refractivity contribution in [1.82, 2.24) is 9.97 Å². The maximum Gasteiger partial charge on any atom is 0.116 e. The zero-order valence-corrected chi connectivity index (χ0v) is 13.7. The predicted octanol–water partition coefficient (Wildman–Crippen LogP) is 5.44. The van der Waals surface area contributed by atoms with Crippen LogP contribution < -0.4 is 0 Å². The molecule has 2 aromatic carbocycles. The van der Waals surface area contributed by atoms with E-state index >= 15 is 0 Å². The van der Waals surface area contributed by atoms with Crippen molar-refractivity contribution in [3.05, 3.63) is 59.4 Å². The van der Waals surface area contributed by atoms with Gasteiger partial charge in [-0.1, -0.05) is 29.3 Å². The van der Waals surface area contributed by atoms with Gasteiger partial charge in [-0.15, -0.1) is 11.3 Å². The van der Waals surface area contributed by atoms with Crippen molar-refractivity contribution in [1.29, 1.82) is 0 Å². The molecule has 108 valence electrons. The molecule has 0 spiro atoms. The minimum atomic E-state index is 1.04. The Morgan fingerprint density at radius 2 is 1.59 bits per heavy atom. The average molecular weight is 304 g/mol. The largest absolute Gasteiger partial charge is 0.235 e. The molecule has 0 amide bonds. The summed E-state index contributed by atoms with van der Waals surface area (Å²) >= 11 is 1.78. The van der Waals surface area contributed by atoms with E-state index in [1.807, 2.05) is 0 Å². The smallest absolute Gasteiger partial charge is 0.116 e. The fourth-order valence-corrected chi connectivity index (χ4v) is 4.26. The molecule has 0 saturated carbocycles. The lowest BCUT2D eigenvalue weighted by Crippen LogP contribution is -1.88. The first-order valence-electron chi connectivity index (χ1n) is 7.34. The van der Waals surface area contributed by atoms with E-state index in [1.165, 1.54) is 37.0 Å². The monoisotopic (exact) mass is 304 g/mol. The summed E-state index contributed by atoms with van der Waals surface area (Å²) in [5.74, 6) is 0. The fourth-order valence-electron chi connectivity index (χ4n) is 3.00. The summed E-state index contributed by atoms with van der Waals surface area (Å²) < 4.78 is 2.45. The van der Waals surface area contributed by atoms with Crippen LogP contribution in [0.4, 0.5) is 0 Å². The minimum Gasteiger partial charge on any atom is -0.235 e. The highest BCUT2D eigenvalue weighted by atomic mass is 32.1. The molecule has 0 N–H and O–H groups in total. The highest BCUT2D eigenvalue weighted by molar-refractivity contribution is 7.26. The van der Waals surface area contributed by atoms with Crippen LogP contribution in [0.2, 0.25) is 0 Å². The van der Waals surface area contributed by atoms with E-state index in [2.05, 4.69) is 67.1 Å². The Kier molecular flexibility index (Phi) is 2.98. The van der Waals surface area contributed by atoms with Gasteiger partial charge in [0.2, 0.25) is 0 Å². The molecule has 2 aromatic heterocycles. The topological polar surface area (TPSA) is 25.8 Å². The molecule has 0 fully saturated rings. The molecule has 4 aromatic rings. The highest BCUT2D eigenvalue weighted by Gasteiger charge is 2.13. The van der Waals surface area contributed by atoms with Gasteiger partial charge in [0, 0.05) is 15.6 Å². The van der Waals surface area contributed by atoms with Crippen LogP contribution in [0, 0.1) is 20.8 Å². The Morgan fingerprint density at radius 1 is 0.818 bits per heavy atom. The lowest BCUT2D eigenvalue weighted by atomic mass is 10.0. The van der Waals surface area contributed by atoms with E-state index < -0.39 is 0 Å². The molecule has 0 saturated heterocycles. The molecule has 0 atom stereocenters. The molecule has 3 heteroatoms. The van der Waals surface area contributed by atoms with Crippen LogP contribution >= 0.6 is 11.3 Å². The number of rotatable bonds is 1. The van der Waals surface area contributed by atoms with E-state index in [0.29, 0.717) is 0 Å². The van der Waals surface area contributed by atoms with E-state index in [9.17, 15) is 0 Å². The van der Waals surface area contributed by atoms with Gasteiger partial charge in [-0.3, -0.25) is 0 Å². The average Bonchev–Trinajstić information content (AvgIpc) is 2.83. The van der Waals surface area contributed by atoms with Gasteiger partial charge in [0.05, 0.1) is 15.9 Å². The van der Waals surface area contributed by atoms with Gasteiger partial charge in [0.15, 0.2) is 0 Å². The third-order valence-electron chi connectivity index (χ3n) is 3.90. The normalized spacial score (nSPS) is 11.4. The molecular weight excluding hydrogens is 288 g/mol. The van der Waals surface area contributed by atoms with Gasteiger partial charge in [-0.05, 0) is 44.5 Å². The summed E-state index contributed by atoms with van der Waals surface area (Å²) in [6.07, 6.45) is 1.68. The maximum atomic E-state index is 4.58. The van der Waals surface area contributed by atoms with Crippen molar-refractivity contribution in [3.63, 3.8) is 0 Å². The maximum absolute atomic E-state index is 4.58. The second-order valence-electron chi connectivity index (χ2n) is 5.88. The number of aryl methyl sites for hydroxylation is 3. The molecule has 0 unspecified atom stereocenters. The number of hydrogen-bond acceptors (Lipinski definition) is 3. The summed E-state index contributed by atoms with van der Waals surface area (Å²) in [6, 6.07) is 13.1.